The Morgan fingerprint density at radius 2 is 1.89 bits per heavy atom. The summed E-state index contributed by atoms with van der Waals surface area (Å²) in [7, 11) is -1.21. The molecule has 3 aromatic rings. The molecular weight excluding hydrogens is 394 g/mol. The van der Waals surface area contributed by atoms with Crippen LogP contribution in [0.2, 0.25) is 5.02 Å². The summed E-state index contributed by atoms with van der Waals surface area (Å²) in [6.45, 7) is 0. The van der Waals surface area contributed by atoms with Crippen molar-refractivity contribution in [1.82, 2.24) is 14.5 Å². The maximum Gasteiger partial charge on any atom is 0.240 e. The largest absolute Gasteiger partial charge is 0.481 e. The molecule has 0 aliphatic carbocycles. The van der Waals surface area contributed by atoms with Crippen LogP contribution in [0.15, 0.2) is 29.3 Å². The molecule has 3 rings (SSSR count). The van der Waals surface area contributed by atoms with E-state index in [0.29, 0.717) is 21.5 Å². The molecule has 0 amide bonds. The van der Waals surface area contributed by atoms with Gasteiger partial charge in [-0.25, -0.2) is 13.6 Å². The lowest BCUT2D eigenvalue weighted by molar-refractivity contribution is 0.363. The summed E-state index contributed by atoms with van der Waals surface area (Å²) in [5, 5.41) is 15.1. The molecule has 2 heterocycles. The second-order valence-electron chi connectivity index (χ2n) is 5.43. The molecular formula is C16H14ClN5O4S. The Balaban J connectivity index is 2.36. The van der Waals surface area contributed by atoms with Gasteiger partial charge >= 0.3 is 0 Å². The van der Waals surface area contributed by atoms with Gasteiger partial charge in [-0.05, 0) is 18.2 Å². The summed E-state index contributed by atoms with van der Waals surface area (Å²) in [6, 6.07) is 6.66. The fourth-order valence-electron chi connectivity index (χ4n) is 2.67. The van der Waals surface area contributed by atoms with Crippen molar-refractivity contribution in [2.45, 2.75) is 11.3 Å². The van der Waals surface area contributed by atoms with Gasteiger partial charge in [0.25, 0.3) is 0 Å². The SMILES string of the molecule is COc1nc(-n2cc(S(N)(=O)=O)c3ccc(Cl)cc32)nc(OC)c1CC#N. The summed E-state index contributed by atoms with van der Waals surface area (Å²) >= 11 is 6.06. The Bertz CT molecular complexity index is 1160. The molecule has 0 unspecified atom stereocenters. The number of nitriles is 1. The molecule has 0 aliphatic heterocycles. The van der Waals surface area contributed by atoms with E-state index >= 15 is 0 Å². The van der Waals surface area contributed by atoms with Gasteiger partial charge in [-0.3, -0.25) is 4.57 Å². The zero-order chi connectivity index (χ0) is 19.8. The maximum atomic E-state index is 12.0. The van der Waals surface area contributed by atoms with Gasteiger partial charge in [-0.2, -0.15) is 15.2 Å². The van der Waals surface area contributed by atoms with Gasteiger partial charge in [0.1, 0.15) is 4.90 Å². The summed E-state index contributed by atoms with van der Waals surface area (Å²) in [6.07, 6.45) is 1.28. The number of fused-ring (bicyclic) bond motifs is 1. The molecule has 27 heavy (non-hydrogen) atoms. The predicted octanol–water partition coefficient (Wildman–Crippen LogP) is 1.80. The number of halogens is 1. The first-order valence-electron chi connectivity index (χ1n) is 7.49. The Morgan fingerprint density at radius 3 is 2.41 bits per heavy atom. The summed E-state index contributed by atoms with van der Waals surface area (Å²) in [5.41, 5.74) is 0.816. The van der Waals surface area contributed by atoms with Crippen LogP contribution in [0.4, 0.5) is 0 Å². The van der Waals surface area contributed by atoms with Crippen LogP contribution < -0.4 is 14.6 Å². The van der Waals surface area contributed by atoms with Gasteiger partial charge in [0.15, 0.2) is 0 Å². The van der Waals surface area contributed by atoms with Crippen LogP contribution in [0.5, 0.6) is 11.8 Å². The van der Waals surface area contributed by atoms with Crippen LogP contribution in [-0.4, -0.2) is 37.2 Å². The van der Waals surface area contributed by atoms with E-state index in [2.05, 4.69) is 9.97 Å². The van der Waals surface area contributed by atoms with Crippen molar-refractivity contribution in [3.8, 4) is 23.8 Å². The van der Waals surface area contributed by atoms with Crippen LogP contribution >= 0.6 is 11.6 Å². The average molecular weight is 408 g/mol. The minimum absolute atomic E-state index is 0.0205. The summed E-state index contributed by atoms with van der Waals surface area (Å²) in [4.78, 5) is 8.47. The molecule has 0 spiro atoms. The van der Waals surface area contributed by atoms with Gasteiger partial charge in [0.05, 0.1) is 37.8 Å². The molecule has 9 nitrogen and oxygen atoms in total. The number of rotatable bonds is 5. The van der Waals surface area contributed by atoms with E-state index in [9.17, 15) is 8.42 Å². The number of ether oxygens (including phenoxy) is 2. The first-order valence-corrected chi connectivity index (χ1v) is 9.42. The van der Waals surface area contributed by atoms with Crippen molar-refractivity contribution < 1.29 is 17.9 Å². The normalized spacial score (nSPS) is 11.4. The van der Waals surface area contributed by atoms with Crippen LogP contribution in [0, 0.1) is 11.3 Å². The summed E-state index contributed by atoms with van der Waals surface area (Å²) in [5.74, 6) is 0.353. The molecule has 1 aromatic carbocycles. The van der Waals surface area contributed by atoms with Crippen LogP contribution in [-0.2, 0) is 16.4 Å². The van der Waals surface area contributed by atoms with Crippen molar-refractivity contribution in [2.24, 2.45) is 5.14 Å². The molecule has 11 heteroatoms. The van der Waals surface area contributed by atoms with Crippen LogP contribution in [0.3, 0.4) is 0 Å². The molecule has 0 saturated carbocycles. The highest BCUT2D eigenvalue weighted by molar-refractivity contribution is 7.89. The zero-order valence-electron chi connectivity index (χ0n) is 14.3. The van der Waals surface area contributed by atoms with Gasteiger partial charge in [0, 0.05) is 16.6 Å². The Kier molecular flexibility index (Phi) is 4.93. The minimum atomic E-state index is -4.00. The lowest BCUT2D eigenvalue weighted by atomic mass is 10.2. The van der Waals surface area contributed by atoms with Crippen LogP contribution in [0.25, 0.3) is 16.9 Å². The topological polar surface area (TPSA) is 133 Å². The monoisotopic (exact) mass is 407 g/mol. The highest BCUT2D eigenvalue weighted by Gasteiger charge is 2.22. The predicted molar refractivity (Wildman–Crippen MR) is 97.7 cm³/mol. The number of hydrogen-bond acceptors (Lipinski definition) is 7. The number of methoxy groups -OCH3 is 2. The second kappa shape index (κ2) is 7.03. The third kappa shape index (κ3) is 3.40. The second-order valence-corrected chi connectivity index (χ2v) is 7.39. The first kappa shape index (κ1) is 18.9. The van der Waals surface area contributed by atoms with Crippen molar-refractivity contribution in [2.75, 3.05) is 14.2 Å². The Morgan fingerprint density at radius 1 is 1.26 bits per heavy atom. The lowest BCUT2D eigenvalue weighted by Gasteiger charge is -2.12. The number of primary sulfonamides is 1. The van der Waals surface area contributed by atoms with E-state index in [1.165, 1.54) is 25.0 Å². The highest BCUT2D eigenvalue weighted by Crippen LogP contribution is 2.32. The maximum absolute atomic E-state index is 12.0. The number of nitrogens with two attached hydrogens (primary N) is 1. The van der Waals surface area contributed by atoms with Gasteiger partial charge in [0.2, 0.25) is 27.7 Å². The highest BCUT2D eigenvalue weighted by atomic mass is 35.5. The van der Waals surface area contributed by atoms with E-state index < -0.39 is 10.0 Å². The third-order valence-corrected chi connectivity index (χ3v) is 4.99. The lowest BCUT2D eigenvalue weighted by Crippen LogP contribution is -2.11. The smallest absolute Gasteiger partial charge is 0.240 e. The molecule has 140 valence electrons. The Labute approximate surface area is 160 Å². The number of nitrogens with zero attached hydrogens (tertiary/aromatic N) is 4. The molecule has 0 aliphatic rings. The Hall–Kier alpha value is -2.87. The molecule has 0 atom stereocenters. The van der Waals surface area contributed by atoms with E-state index in [-0.39, 0.29) is 29.0 Å². The van der Waals surface area contributed by atoms with Gasteiger partial charge < -0.3 is 9.47 Å². The first-order chi connectivity index (χ1) is 12.8. The quantitative estimate of drug-likeness (QED) is 0.681. The average Bonchev–Trinajstić information content (AvgIpc) is 3.01. The number of sulfonamides is 1. The van der Waals surface area contributed by atoms with E-state index in [0.717, 1.165) is 0 Å². The molecule has 2 N–H and O–H groups in total. The number of aromatic nitrogens is 3. The third-order valence-electron chi connectivity index (χ3n) is 3.82. The molecule has 0 saturated heterocycles. The summed E-state index contributed by atoms with van der Waals surface area (Å²) < 4.78 is 35.8. The van der Waals surface area contributed by atoms with Crippen LogP contribution in [0.1, 0.15) is 5.56 Å². The van der Waals surface area contributed by atoms with E-state index in [4.69, 9.17) is 31.5 Å². The van der Waals surface area contributed by atoms with Crippen molar-refractivity contribution in [1.29, 1.82) is 5.26 Å². The fourth-order valence-corrected chi connectivity index (χ4v) is 3.57. The minimum Gasteiger partial charge on any atom is -0.481 e. The van der Waals surface area contributed by atoms with E-state index in [1.54, 1.807) is 18.2 Å². The molecule has 0 fully saturated rings. The number of hydrogen-bond donors (Lipinski definition) is 1. The van der Waals surface area contributed by atoms with Crippen molar-refractivity contribution >= 4 is 32.5 Å². The van der Waals surface area contributed by atoms with Gasteiger partial charge in [-0.1, -0.05) is 11.6 Å². The van der Waals surface area contributed by atoms with Crippen molar-refractivity contribution in [3.05, 3.63) is 35.0 Å². The standard InChI is InChI=1S/C16H14ClN5O4S/c1-25-14-11(5-6-18)15(26-2)21-16(20-14)22-8-13(27(19,23)24)10-4-3-9(17)7-12(10)22/h3-4,7-8H,5H2,1-2H3,(H2,19,23,24). The number of benzene rings is 1. The molecule has 0 radical (unpaired) electrons. The zero-order valence-corrected chi connectivity index (χ0v) is 15.9. The van der Waals surface area contributed by atoms with Gasteiger partial charge in [-0.15, -0.1) is 0 Å². The fraction of sp³-hybridized carbons (Fsp3) is 0.188. The molecule has 2 aromatic heterocycles. The molecule has 0 bridgehead atoms. The van der Waals surface area contributed by atoms with E-state index in [1.807, 2.05) is 6.07 Å². The van der Waals surface area contributed by atoms with Crippen molar-refractivity contribution in [3.63, 3.8) is 0 Å².